The van der Waals surface area contributed by atoms with Gasteiger partial charge in [-0.15, -0.1) is 0 Å². The van der Waals surface area contributed by atoms with E-state index in [0.717, 1.165) is 25.2 Å². The van der Waals surface area contributed by atoms with Crippen molar-refractivity contribution in [1.82, 2.24) is 10.6 Å². The lowest BCUT2D eigenvalue weighted by atomic mass is 9.95. The lowest BCUT2D eigenvalue weighted by Crippen LogP contribution is -2.32. The molecular weight excluding hydrogens is 757 g/mol. The van der Waals surface area contributed by atoms with Crippen molar-refractivity contribution in [3.05, 3.63) is 48.6 Å². The van der Waals surface area contributed by atoms with Crippen LogP contribution in [-0.2, 0) is 28.5 Å². The summed E-state index contributed by atoms with van der Waals surface area (Å²) in [4.78, 5) is 45.9. The van der Waals surface area contributed by atoms with Gasteiger partial charge in [-0.1, -0.05) is 88.1 Å². The van der Waals surface area contributed by atoms with Crippen molar-refractivity contribution in [2.45, 2.75) is 222 Å². The highest BCUT2D eigenvalue weighted by Crippen LogP contribution is 2.19. The average molecular weight is 847 g/mol. The van der Waals surface area contributed by atoms with Gasteiger partial charge in [0.15, 0.2) is 0 Å². The predicted octanol–water partition coefficient (Wildman–Crippen LogP) is 13.4. The van der Waals surface area contributed by atoms with Crippen molar-refractivity contribution in [3.8, 4) is 0 Å². The molecule has 0 saturated heterocycles. The highest BCUT2D eigenvalue weighted by Gasteiger charge is 2.18. The minimum absolute atomic E-state index is 0.132. The van der Waals surface area contributed by atoms with Crippen LogP contribution in [0.3, 0.4) is 0 Å². The van der Waals surface area contributed by atoms with Crippen LogP contribution in [0.25, 0.3) is 0 Å². The third-order valence-corrected chi connectivity index (χ3v) is 8.49. The van der Waals surface area contributed by atoms with Crippen molar-refractivity contribution in [3.63, 3.8) is 0 Å². The first-order valence-corrected chi connectivity index (χ1v) is 22.9. The van der Waals surface area contributed by atoms with Crippen molar-refractivity contribution in [1.29, 1.82) is 0 Å². The van der Waals surface area contributed by atoms with E-state index < -0.39 is 28.5 Å². The molecule has 0 radical (unpaired) electrons. The molecule has 0 aliphatic heterocycles. The fourth-order valence-corrected chi connectivity index (χ4v) is 5.65. The molecule has 2 atom stereocenters. The van der Waals surface area contributed by atoms with Gasteiger partial charge in [-0.2, -0.15) is 0 Å². The maximum absolute atomic E-state index is 11.6. The molecule has 348 valence electrons. The smallest absolute Gasteiger partial charge is 0.407 e. The number of allylic oxidation sites excluding steroid dienone is 6. The maximum Gasteiger partial charge on any atom is 0.407 e. The molecule has 0 spiro atoms. The number of carbonyl (C=O) groups excluding carboxylic acids is 4. The van der Waals surface area contributed by atoms with Gasteiger partial charge in [0.05, 0.1) is 0 Å². The van der Waals surface area contributed by atoms with Crippen molar-refractivity contribution < 1.29 is 38.1 Å². The van der Waals surface area contributed by atoms with Gasteiger partial charge in [-0.25, -0.2) is 9.59 Å². The molecule has 2 unspecified atom stereocenters. The number of hydrogen-bond acceptors (Lipinski definition) is 8. The van der Waals surface area contributed by atoms with E-state index in [0.29, 0.717) is 38.3 Å². The second-order valence-corrected chi connectivity index (χ2v) is 19.4. The number of hydrogen-bond donors (Lipinski definition) is 2. The Hall–Kier alpha value is -3.56. The third-order valence-electron chi connectivity index (χ3n) is 8.49. The van der Waals surface area contributed by atoms with Gasteiger partial charge in [0.25, 0.3) is 0 Å². The molecule has 0 heterocycles. The Morgan fingerprint density at radius 3 is 1.57 bits per heavy atom. The Morgan fingerprint density at radius 1 is 0.600 bits per heavy atom. The van der Waals surface area contributed by atoms with Gasteiger partial charge in [0, 0.05) is 25.9 Å². The molecule has 0 bridgehead atoms. The van der Waals surface area contributed by atoms with Gasteiger partial charge in [0.1, 0.15) is 22.4 Å². The van der Waals surface area contributed by atoms with Crippen molar-refractivity contribution in [2.75, 3.05) is 13.1 Å². The van der Waals surface area contributed by atoms with Crippen LogP contribution in [0, 0.1) is 11.8 Å². The van der Waals surface area contributed by atoms with E-state index in [4.69, 9.17) is 18.9 Å². The van der Waals surface area contributed by atoms with Crippen molar-refractivity contribution >= 4 is 24.1 Å². The van der Waals surface area contributed by atoms with Crippen LogP contribution >= 0.6 is 0 Å². The highest BCUT2D eigenvalue weighted by molar-refractivity contribution is 5.70. The molecule has 0 saturated carbocycles. The van der Waals surface area contributed by atoms with E-state index >= 15 is 0 Å². The Labute approximate surface area is 367 Å². The van der Waals surface area contributed by atoms with E-state index in [1.807, 2.05) is 95.2 Å². The number of unbranched alkanes of at least 4 members (excludes halogenated alkanes) is 3. The van der Waals surface area contributed by atoms with E-state index in [2.05, 4.69) is 54.9 Å². The number of amides is 2. The number of nitrogens with one attached hydrogen (secondary N) is 2. The quantitative estimate of drug-likeness (QED) is 0.0569. The van der Waals surface area contributed by atoms with Crippen LogP contribution in [0.15, 0.2) is 48.6 Å². The monoisotopic (exact) mass is 847 g/mol. The summed E-state index contributed by atoms with van der Waals surface area (Å²) in [5, 5.41) is 5.35. The lowest BCUT2D eigenvalue weighted by molar-refractivity contribution is -0.155. The zero-order chi connectivity index (χ0) is 46.1. The van der Waals surface area contributed by atoms with E-state index in [1.54, 1.807) is 6.08 Å². The van der Waals surface area contributed by atoms with Crippen LogP contribution in [0.5, 0.6) is 0 Å². The number of ether oxygens (including phenoxy) is 4. The Morgan fingerprint density at radius 2 is 1.08 bits per heavy atom. The number of rotatable bonds is 19. The summed E-state index contributed by atoms with van der Waals surface area (Å²) in [5.74, 6) is 1.09. The molecule has 0 aromatic rings. The first-order chi connectivity index (χ1) is 27.9. The standard InChI is InChI=1S/C25H45NO4.C15H27NO4.C10H18/c1-8-21(18-16-20-26-23(28)30-25(5,6)7)17-14-12-10-9-11-13-15-19-22(27)29-24(2,3)4;1-14(2,3)19-12(17)10-8-7-9-11-16-13(18)20-15(4,5)6;1-2-10-8-6-4-3-5-7-9-10/h11,13,16,18,21H,8-10,12,14-15,17,19-20H2,1-7H3,(H,26,28);7,9H,8,10-11H2,1-6H3,(H,16,18);6,8,10H,2-5,7,9H2,1H3/b13-11+,18-16?;9-7+;8-6-. The number of alkyl carbamates (subject to hydrolysis) is 2. The number of carbonyl (C=O) groups is 4. The molecule has 0 aromatic carbocycles. The Kier molecular flexibility index (Phi) is 32.3. The minimum Gasteiger partial charge on any atom is -0.460 e. The molecule has 2 N–H and O–H groups in total. The second-order valence-electron chi connectivity index (χ2n) is 19.4. The van der Waals surface area contributed by atoms with E-state index in [-0.39, 0.29) is 18.0 Å². The molecular formula is C50H90N2O8. The maximum atomic E-state index is 11.6. The summed E-state index contributed by atoms with van der Waals surface area (Å²) < 4.78 is 20.8. The van der Waals surface area contributed by atoms with Gasteiger partial charge in [-0.05, 0) is 159 Å². The summed E-state index contributed by atoms with van der Waals surface area (Å²) in [6.45, 7) is 27.5. The predicted molar refractivity (Wildman–Crippen MR) is 249 cm³/mol. The van der Waals surface area contributed by atoms with E-state index in [9.17, 15) is 19.2 Å². The first-order valence-electron chi connectivity index (χ1n) is 22.9. The van der Waals surface area contributed by atoms with Crippen LogP contribution < -0.4 is 10.6 Å². The molecule has 10 heteroatoms. The van der Waals surface area contributed by atoms with Crippen molar-refractivity contribution in [2.24, 2.45) is 11.8 Å². The van der Waals surface area contributed by atoms with Crippen LogP contribution in [-0.4, -0.2) is 59.6 Å². The van der Waals surface area contributed by atoms with Crippen LogP contribution in [0.4, 0.5) is 9.59 Å². The second kappa shape index (κ2) is 33.1. The molecule has 10 nitrogen and oxygen atoms in total. The fourth-order valence-electron chi connectivity index (χ4n) is 5.65. The average Bonchev–Trinajstić information content (AvgIpc) is 3.07. The largest absolute Gasteiger partial charge is 0.460 e. The van der Waals surface area contributed by atoms with Crippen LogP contribution in [0.1, 0.15) is 200 Å². The molecule has 2 amide bonds. The zero-order valence-corrected chi connectivity index (χ0v) is 40.8. The normalized spacial score (nSPS) is 16.0. The summed E-state index contributed by atoms with van der Waals surface area (Å²) in [7, 11) is 0. The third kappa shape index (κ3) is 45.5. The Bertz CT molecular complexity index is 1240. The van der Waals surface area contributed by atoms with E-state index in [1.165, 1.54) is 64.2 Å². The minimum atomic E-state index is -0.496. The molecule has 1 aliphatic carbocycles. The Balaban J connectivity index is 0. The van der Waals surface area contributed by atoms with Gasteiger partial charge >= 0.3 is 24.1 Å². The summed E-state index contributed by atoms with van der Waals surface area (Å²) in [6.07, 6.45) is 33.4. The molecule has 60 heavy (non-hydrogen) atoms. The summed E-state index contributed by atoms with van der Waals surface area (Å²) in [5.41, 5.74) is -1.81. The molecule has 1 rings (SSSR count). The lowest BCUT2D eigenvalue weighted by Gasteiger charge is -2.19. The SMILES string of the molecule is CC(C)(C)OC(=O)CC/C=C/CNC(=O)OC(C)(C)C.CCC(C=CCNC(=O)OC(C)(C)C)CCCCC/C=C/CCC(=O)OC(C)(C)C.CCC1/C=C\CCCCC1. The highest BCUT2D eigenvalue weighted by atomic mass is 16.6. The number of esters is 2. The summed E-state index contributed by atoms with van der Waals surface area (Å²) >= 11 is 0. The fraction of sp³-hybridized carbons (Fsp3) is 0.760. The van der Waals surface area contributed by atoms with Crippen LogP contribution in [0.2, 0.25) is 0 Å². The zero-order valence-electron chi connectivity index (χ0n) is 40.8. The topological polar surface area (TPSA) is 129 Å². The molecule has 0 fully saturated rings. The summed E-state index contributed by atoms with van der Waals surface area (Å²) in [6, 6.07) is 0. The molecule has 0 aromatic heterocycles. The van der Waals surface area contributed by atoms with Gasteiger partial charge in [0.2, 0.25) is 0 Å². The van der Waals surface area contributed by atoms with Gasteiger partial charge < -0.3 is 29.6 Å². The molecule has 1 aliphatic rings. The first kappa shape index (κ1) is 58.5. The van der Waals surface area contributed by atoms with Gasteiger partial charge in [-0.3, -0.25) is 9.59 Å².